The van der Waals surface area contributed by atoms with Gasteiger partial charge in [0.1, 0.15) is 0 Å². The second-order valence-electron chi connectivity index (χ2n) is 2.72. The lowest BCUT2D eigenvalue weighted by Crippen LogP contribution is -2.28. The third-order valence-electron chi connectivity index (χ3n) is 1.50. The molecule has 1 atom stereocenters. The number of hydrogen-bond acceptors (Lipinski definition) is 1. The lowest BCUT2D eigenvalue weighted by Gasteiger charge is -2.08. The van der Waals surface area contributed by atoms with Gasteiger partial charge >= 0.3 is 0 Å². The molecule has 0 saturated heterocycles. The van der Waals surface area contributed by atoms with Crippen molar-refractivity contribution >= 4 is 15.9 Å². The first kappa shape index (κ1) is 10.4. The molecule has 0 aromatic rings. The predicted octanol–water partition coefficient (Wildman–Crippen LogP) is 2.55. The summed E-state index contributed by atoms with van der Waals surface area (Å²) in [6.45, 7) is 5.59. The molecule has 10 heavy (non-hydrogen) atoms. The van der Waals surface area contributed by atoms with Crippen LogP contribution in [0.15, 0.2) is 0 Å². The van der Waals surface area contributed by atoms with Crippen molar-refractivity contribution in [1.82, 2.24) is 5.32 Å². The summed E-state index contributed by atoms with van der Waals surface area (Å²) in [4.78, 5) is 0. The van der Waals surface area contributed by atoms with Gasteiger partial charge in [-0.1, -0.05) is 35.7 Å². The zero-order chi connectivity index (χ0) is 7.82. The van der Waals surface area contributed by atoms with Crippen LogP contribution in [-0.4, -0.2) is 17.9 Å². The van der Waals surface area contributed by atoms with Gasteiger partial charge in [0.05, 0.1) is 0 Å². The fourth-order valence-electron chi connectivity index (χ4n) is 0.778. The third-order valence-corrected chi connectivity index (χ3v) is 2.48. The first-order valence-corrected chi connectivity index (χ1v) is 5.22. The molecular weight excluding hydrogens is 190 g/mol. The Hall–Kier alpha value is 0.440. The highest BCUT2D eigenvalue weighted by atomic mass is 79.9. The van der Waals surface area contributed by atoms with Crippen molar-refractivity contribution in [3.05, 3.63) is 0 Å². The molecule has 0 spiro atoms. The third kappa shape index (κ3) is 6.56. The number of alkyl halides is 1. The zero-order valence-electron chi connectivity index (χ0n) is 6.99. The molecule has 0 rings (SSSR count). The number of unbranched alkanes of at least 4 members (excludes halogenated alkanes) is 2. The molecule has 2 heteroatoms. The largest absolute Gasteiger partial charge is 0.313 e. The van der Waals surface area contributed by atoms with Crippen molar-refractivity contribution < 1.29 is 0 Å². The molecule has 62 valence electrons. The Bertz CT molecular complexity index is 66.3. The summed E-state index contributed by atoms with van der Waals surface area (Å²) < 4.78 is 0. The molecule has 0 amide bonds. The van der Waals surface area contributed by atoms with Crippen molar-refractivity contribution in [2.75, 3.05) is 11.9 Å². The van der Waals surface area contributed by atoms with Gasteiger partial charge in [-0.3, -0.25) is 0 Å². The van der Waals surface area contributed by atoms with Crippen molar-refractivity contribution in [3.63, 3.8) is 0 Å². The topological polar surface area (TPSA) is 12.0 Å². The van der Waals surface area contributed by atoms with Crippen LogP contribution in [0.4, 0.5) is 0 Å². The molecule has 0 aromatic heterocycles. The van der Waals surface area contributed by atoms with E-state index in [1.807, 2.05) is 0 Å². The van der Waals surface area contributed by atoms with Crippen molar-refractivity contribution in [1.29, 1.82) is 0 Å². The van der Waals surface area contributed by atoms with E-state index in [0.717, 1.165) is 5.33 Å². The van der Waals surface area contributed by atoms with Gasteiger partial charge in [0, 0.05) is 11.4 Å². The van der Waals surface area contributed by atoms with E-state index in [0.29, 0.717) is 6.04 Å². The standard InChI is InChI=1S/C8H18BrN/c1-3-4-5-6-10-8(2)7-9/h8,10H,3-7H2,1-2H3. The van der Waals surface area contributed by atoms with Crippen molar-refractivity contribution in [2.24, 2.45) is 0 Å². The molecule has 0 aliphatic heterocycles. The molecule has 0 aliphatic carbocycles. The summed E-state index contributed by atoms with van der Waals surface area (Å²) in [5, 5.41) is 4.47. The highest BCUT2D eigenvalue weighted by molar-refractivity contribution is 9.09. The average molecular weight is 208 g/mol. The van der Waals surface area contributed by atoms with E-state index in [1.165, 1.54) is 25.8 Å². The van der Waals surface area contributed by atoms with E-state index in [2.05, 4.69) is 35.1 Å². The molecule has 0 radical (unpaired) electrons. The minimum atomic E-state index is 0.622. The average Bonchev–Trinajstić information content (AvgIpc) is 1.98. The summed E-state index contributed by atoms with van der Waals surface area (Å²) in [6.07, 6.45) is 3.97. The summed E-state index contributed by atoms with van der Waals surface area (Å²) >= 11 is 3.42. The molecular formula is C8H18BrN. The smallest absolute Gasteiger partial charge is 0.0183 e. The van der Waals surface area contributed by atoms with E-state index in [-0.39, 0.29) is 0 Å². The summed E-state index contributed by atoms with van der Waals surface area (Å²) in [5.74, 6) is 0. The van der Waals surface area contributed by atoms with Crippen LogP contribution >= 0.6 is 15.9 Å². The van der Waals surface area contributed by atoms with Crippen molar-refractivity contribution in [2.45, 2.75) is 39.2 Å². The highest BCUT2D eigenvalue weighted by Crippen LogP contribution is 1.93. The molecule has 0 aliphatic rings. The van der Waals surface area contributed by atoms with Crippen LogP contribution in [-0.2, 0) is 0 Å². The van der Waals surface area contributed by atoms with Crippen LogP contribution in [0.5, 0.6) is 0 Å². The first-order chi connectivity index (χ1) is 4.81. The van der Waals surface area contributed by atoms with E-state index >= 15 is 0 Å². The van der Waals surface area contributed by atoms with Crippen LogP contribution in [0.25, 0.3) is 0 Å². The Balaban J connectivity index is 2.89. The van der Waals surface area contributed by atoms with Gasteiger partial charge in [0.15, 0.2) is 0 Å². The highest BCUT2D eigenvalue weighted by Gasteiger charge is 1.95. The number of halogens is 1. The Morgan fingerprint density at radius 3 is 2.60 bits per heavy atom. The fourth-order valence-corrected chi connectivity index (χ4v) is 1.01. The minimum absolute atomic E-state index is 0.622. The minimum Gasteiger partial charge on any atom is -0.313 e. The van der Waals surface area contributed by atoms with Crippen LogP contribution in [0.1, 0.15) is 33.1 Å². The molecule has 1 N–H and O–H groups in total. The molecule has 0 fully saturated rings. The normalized spacial score (nSPS) is 13.5. The maximum atomic E-state index is 3.42. The van der Waals surface area contributed by atoms with Crippen LogP contribution in [0, 0.1) is 0 Å². The van der Waals surface area contributed by atoms with Gasteiger partial charge in [-0.2, -0.15) is 0 Å². The van der Waals surface area contributed by atoms with Crippen LogP contribution in [0.3, 0.4) is 0 Å². The van der Waals surface area contributed by atoms with Gasteiger partial charge in [-0.25, -0.2) is 0 Å². The SMILES string of the molecule is CCCCCNC(C)CBr. The van der Waals surface area contributed by atoms with Crippen LogP contribution in [0.2, 0.25) is 0 Å². The zero-order valence-corrected chi connectivity index (χ0v) is 8.58. The molecule has 0 bridgehead atoms. The summed E-state index contributed by atoms with van der Waals surface area (Å²) in [7, 11) is 0. The second-order valence-corrected chi connectivity index (χ2v) is 3.36. The Morgan fingerprint density at radius 1 is 1.40 bits per heavy atom. The predicted molar refractivity (Wildman–Crippen MR) is 50.8 cm³/mol. The monoisotopic (exact) mass is 207 g/mol. The van der Waals surface area contributed by atoms with Gasteiger partial charge < -0.3 is 5.32 Å². The molecule has 1 unspecified atom stereocenters. The quantitative estimate of drug-likeness (QED) is 0.522. The van der Waals surface area contributed by atoms with E-state index in [1.54, 1.807) is 0 Å². The van der Waals surface area contributed by atoms with Crippen molar-refractivity contribution in [3.8, 4) is 0 Å². The Kier molecular flexibility index (Phi) is 7.88. The molecule has 0 saturated carbocycles. The number of hydrogen-bond donors (Lipinski definition) is 1. The Morgan fingerprint density at radius 2 is 2.10 bits per heavy atom. The first-order valence-electron chi connectivity index (χ1n) is 4.10. The number of rotatable bonds is 6. The number of nitrogens with one attached hydrogen (secondary N) is 1. The van der Waals surface area contributed by atoms with E-state index < -0.39 is 0 Å². The van der Waals surface area contributed by atoms with Gasteiger partial charge in [0.2, 0.25) is 0 Å². The van der Waals surface area contributed by atoms with Gasteiger partial charge in [0.25, 0.3) is 0 Å². The lowest BCUT2D eigenvalue weighted by atomic mass is 10.2. The molecule has 0 heterocycles. The molecule has 1 nitrogen and oxygen atoms in total. The Labute approximate surface area is 72.7 Å². The maximum absolute atomic E-state index is 3.42. The summed E-state index contributed by atoms with van der Waals surface area (Å²) in [5.41, 5.74) is 0. The van der Waals surface area contributed by atoms with Gasteiger partial charge in [-0.15, -0.1) is 0 Å². The lowest BCUT2D eigenvalue weighted by molar-refractivity contribution is 0.561. The van der Waals surface area contributed by atoms with E-state index in [4.69, 9.17) is 0 Å². The fraction of sp³-hybridized carbons (Fsp3) is 1.00. The maximum Gasteiger partial charge on any atom is 0.0183 e. The summed E-state index contributed by atoms with van der Waals surface area (Å²) in [6, 6.07) is 0.622. The molecule has 0 aromatic carbocycles. The second kappa shape index (κ2) is 7.55. The van der Waals surface area contributed by atoms with Gasteiger partial charge in [-0.05, 0) is 19.9 Å². The van der Waals surface area contributed by atoms with E-state index in [9.17, 15) is 0 Å². The van der Waals surface area contributed by atoms with Crippen LogP contribution < -0.4 is 5.32 Å².